The summed E-state index contributed by atoms with van der Waals surface area (Å²) in [6.07, 6.45) is 7.47. The van der Waals surface area contributed by atoms with Crippen molar-refractivity contribution >= 4 is 33.0 Å². The van der Waals surface area contributed by atoms with Gasteiger partial charge in [0, 0.05) is 42.4 Å². The van der Waals surface area contributed by atoms with Crippen molar-refractivity contribution in [2.24, 2.45) is 0 Å². The molecule has 0 bridgehead atoms. The molecule has 0 unspecified atom stereocenters. The van der Waals surface area contributed by atoms with E-state index in [9.17, 15) is 13.2 Å². The van der Waals surface area contributed by atoms with Gasteiger partial charge in [-0.05, 0) is 43.2 Å². The lowest BCUT2D eigenvalue weighted by Crippen LogP contribution is -2.45. The van der Waals surface area contributed by atoms with Gasteiger partial charge in [-0.3, -0.25) is 4.79 Å². The molecule has 1 aliphatic heterocycles. The second-order valence-electron chi connectivity index (χ2n) is 8.64. The van der Waals surface area contributed by atoms with Crippen LogP contribution in [0.25, 0.3) is 34.2 Å². The summed E-state index contributed by atoms with van der Waals surface area (Å²) in [5.41, 5.74) is 3.04. The minimum Gasteiger partial charge on any atom is -0.454 e. The maximum absolute atomic E-state index is 12.6. The number of hydrogen-bond acceptors (Lipinski definition) is 5. The molecule has 3 heterocycles. The molecule has 8 nitrogen and oxygen atoms in total. The van der Waals surface area contributed by atoms with Crippen molar-refractivity contribution in [3.05, 3.63) is 78.5 Å². The van der Waals surface area contributed by atoms with Crippen LogP contribution in [-0.2, 0) is 14.8 Å². The van der Waals surface area contributed by atoms with Gasteiger partial charge in [0.25, 0.3) is 0 Å². The number of amides is 1. The molecule has 0 saturated carbocycles. The van der Waals surface area contributed by atoms with Crippen LogP contribution in [0.15, 0.2) is 77.4 Å². The highest BCUT2D eigenvalue weighted by Gasteiger charge is 2.25. The lowest BCUT2D eigenvalue weighted by Gasteiger charge is -2.30. The summed E-state index contributed by atoms with van der Waals surface area (Å²) in [6.45, 7) is 0.821. The number of benzene rings is 2. The van der Waals surface area contributed by atoms with Crippen LogP contribution in [0.5, 0.6) is 0 Å². The van der Waals surface area contributed by atoms with E-state index in [0.29, 0.717) is 37.4 Å². The summed E-state index contributed by atoms with van der Waals surface area (Å²) in [5.74, 6) is 0.389. The lowest BCUT2D eigenvalue weighted by molar-refractivity contribution is -0.117. The highest BCUT2D eigenvalue weighted by Crippen LogP contribution is 2.30. The predicted molar refractivity (Wildman–Crippen MR) is 135 cm³/mol. The Hall–Kier alpha value is -3.69. The molecule has 1 fully saturated rings. The molecule has 5 rings (SSSR count). The Morgan fingerprint density at radius 2 is 1.80 bits per heavy atom. The van der Waals surface area contributed by atoms with E-state index in [-0.39, 0.29) is 11.9 Å². The number of carbonyl (C=O) groups is 1. The molecular weight excluding hydrogens is 464 g/mol. The quantitative estimate of drug-likeness (QED) is 0.414. The number of sulfonamides is 1. The third kappa shape index (κ3) is 5.21. The Morgan fingerprint density at radius 3 is 2.51 bits per heavy atom. The molecule has 9 heteroatoms. The number of hydrogen-bond donors (Lipinski definition) is 1. The van der Waals surface area contributed by atoms with E-state index < -0.39 is 10.0 Å². The molecule has 2 aromatic heterocycles. The molecule has 0 aliphatic carbocycles. The van der Waals surface area contributed by atoms with Crippen molar-refractivity contribution in [3.8, 4) is 17.1 Å². The zero-order valence-electron chi connectivity index (χ0n) is 19.3. The van der Waals surface area contributed by atoms with Gasteiger partial charge in [0.2, 0.25) is 15.9 Å². The first-order valence-corrected chi connectivity index (χ1v) is 13.3. The fourth-order valence-corrected chi connectivity index (χ4v) is 5.13. The van der Waals surface area contributed by atoms with Crippen molar-refractivity contribution in [2.75, 3.05) is 19.3 Å². The second-order valence-corrected chi connectivity index (χ2v) is 10.6. The maximum Gasteiger partial charge on any atom is 0.244 e. The molecular formula is C26H26N4O4S. The van der Waals surface area contributed by atoms with E-state index in [1.165, 1.54) is 16.6 Å². The van der Waals surface area contributed by atoms with Crippen LogP contribution in [0.3, 0.4) is 0 Å². The highest BCUT2D eigenvalue weighted by molar-refractivity contribution is 7.88. The average molecular weight is 491 g/mol. The van der Waals surface area contributed by atoms with Crippen LogP contribution >= 0.6 is 0 Å². The molecule has 35 heavy (non-hydrogen) atoms. The maximum atomic E-state index is 12.6. The highest BCUT2D eigenvalue weighted by atomic mass is 32.2. The molecule has 1 aliphatic rings. The molecule has 4 aromatic rings. The largest absolute Gasteiger partial charge is 0.454 e. The van der Waals surface area contributed by atoms with Crippen LogP contribution in [0.2, 0.25) is 0 Å². The van der Waals surface area contributed by atoms with Crippen molar-refractivity contribution < 1.29 is 17.6 Å². The molecule has 1 saturated heterocycles. The van der Waals surface area contributed by atoms with E-state index in [4.69, 9.17) is 9.52 Å². The number of nitrogens with one attached hydrogen (secondary N) is 1. The van der Waals surface area contributed by atoms with Crippen molar-refractivity contribution in [1.29, 1.82) is 0 Å². The Labute approximate surface area is 203 Å². The van der Waals surface area contributed by atoms with Crippen molar-refractivity contribution in [3.63, 3.8) is 0 Å². The van der Waals surface area contributed by atoms with Crippen LogP contribution in [-0.4, -0.2) is 53.8 Å². The summed E-state index contributed by atoms with van der Waals surface area (Å²) in [4.78, 5) is 12.6. The number of carbonyl (C=O) groups excluding carboxylic acids is 1. The van der Waals surface area contributed by atoms with Crippen LogP contribution < -0.4 is 5.32 Å². The van der Waals surface area contributed by atoms with Crippen molar-refractivity contribution in [1.82, 2.24) is 19.4 Å². The lowest BCUT2D eigenvalue weighted by atomic mass is 10.1. The zero-order valence-corrected chi connectivity index (χ0v) is 20.1. The van der Waals surface area contributed by atoms with Gasteiger partial charge in [0.15, 0.2) is 5.76 Å². The molecule has 0 radical (unpaired) electrons. The fraction of sp³-hybridized carbons (Fsp3) is 0.231. The zero-order chi connectivity index (χ0) is 24.4. The van der Waals surface area contributed by atoms with E-state index in [0.717, 1.165) is 22.2 Å². The summed E-state index contributed by atoms with van der Waals surface area (Å²) in [7, 11) is -3.20. The Morgan fingerprint density at radius 1 is 1.09 bits per heavy atom. The Bertz CT molecular complexity index is 1450. The minimum absolute atomic E-state index is 0.0629. The number of para-hydroxylation sites is 2. The van der Waals surface area contributed by atoms with Crippen LogP contribution in [0.1, 0.15) is 18.4 Å². The number of fused-ring (bicyclic) bond motifs is 1. The predicted octanol–water partition coefficient (Wildman–Crippen LogP) is 3.84. The van der Waals surface area contributed by atoms with Crippen molar-refractivity contribution in [2.45, 2.75) is 18.9 Å². The molecule has 0 spiro atoms. The second kappa shape index (κ2) is 9.52. The summed E-state index contributed by atoms with van der Waals surface area (Å²) >= 11 is 0. The van der Waals surface area contributed by atoms with E-state index in [1.54, 1.807) is 10.8 Å². The Kier molecular flexibility index (Phi) is 6.27. The van der Waals surface area contributed by atoms with Gasteiger partial charge in [-0.25, -0.2) is 17.4 Å². The van der Waals surface area contributed by atoms with Gasteiger partial charge in [0.05, 0.1) is 11.9 Å². The first kappa shape index (κ1) is 23.1. The number of aromatic nitrogens is 2. The molecule has 180 valence electrons. The summed E-state index contributed by atoms with van der Waals surface area (Å²) in [6, 6.07) is 19.4. The van der Waals surface area contributed by atoms with Crippen LogP contribution in [0.4, 0.5) is 0 Å². The first-order chi connectivity index (χ1) is 16.9. The number of piperidine rings is 1. The number of rotatable bonds is 6. The Balaban J connectivity index is 1.37. The number of nitrogens with zero attached hydrogens (tertiary/aromatic N) is 3. The topological polar surface area (TPSA) is 97.4 Å². The molecule has 1 amide bonds. The van der Waals surface area contributed by atoms with E-state index in [1.807, 2.05) is 66.9 Å². The third-order valence-corrected chi connectivity index (χ3v) is 7.41. The van der Waals surface area contributed by atoms with Gasteiger partial charge in [-0.1, -0.05) is 36.4 Å². The van der Waals surface area contributed by atoms with Gasteiger partial charge in [0.1, 0.15) is 11.3 Å². The molecule has 0 atom stereocenters. The van der Waals surface area contributed by atoms with Gasteiger partial charge in [-0.15, -0.1) is 0 Å². The summed E-state index contributed by atoms with van der Waals surface area (Å²) in [5, 5.41) is 8.71. The standard InChI is InChI=1S/C26H26N4O4S/c1-35(32,33)29-15-13-21(14-16-29)27-25(31)12-11-20-18-30(22-8-3-2-4-9-22)28-26(20)24-17-19-7-5-6-10-23(19)34-24/h2-12,17-18,21H,13-16H2,1H3,(H,27,31)/b12-11+. The van der Waals surface area contributed by atoms with Gasteiger partial charge < -0.3 is 9.73 Å². The first-order valence-electron chi connectivity index (χ1n) is 11.4. The average Bonchev–Trinajstić information content (AvgIpc) is 3.47. The molecule has 2 aromatic carbocycles. The molecule has 1 N–H and O–H groups in total. The fourth-order valence-electron chi connectivity index (χ4n) is 4.26. The monoisotopic (exact) mass is 490 g/mol. The van der Waals surface area contributed by atoms with E-state index >= 15 is 0 Å². The number of furan rings is 1. The van der Waals surface area contributed by atoms with Gasteiger partial charge in [-0.2, -0.15) is 5.10 Å². The van der Waals surface area contributed by atoms with Crippen LogP contribution in [0, 0.1) is 0 Å². The van der Waals surface area contributed by atoms with E-state index in [2.05, 4.69) is 5.32 Å². The SMILES string of the molecule is CS(=O)(=O)N1CCC(NC(=O)/C=C/c2cn(-c3ccccc3)nc2-c2cc3ccccc3o2)CC1. The van der Waals surface area contributed by atoms with Gasteiger partial charge >= 0.3 is 0 Å². The smallest absolute Gasteiger partial charge is 0.244 e. The normalized spacial score (nSPS) is 15.7. The summed E-state index contributed by atoms with van der Waals surface area (Å²) < 4.78 is 32.7. The third-order valence-electron chi connectivity index (χ3n) is 6.11. The minimum atomic E-state index is -3.20.